The largest absolute Gasteiger partial charge is 0.379 e. The summed E-state index contributed by atoms with van der Waals surface area (Å²) in [6, 6.07) is 19.4. The zero-order valence-corrected chi connectivity index (χ0v) is 23.8. The number of nitrogens with one attached hydrogen (secondary N) is 3. The third-order valence-electron chi connectivity index (χ3n) is 7.66. The number of ether oxygens (including phenoxy) is 2. The lowest BCUT2D eigenvalue weighted by molar-refractivity contribution is 0.0246. The minimum absolute atomic E-state index is 0.171. The summed E-state index contributed by atoms with van der Waals surface area (Å²) in [5.41, 5.74) is 2.04. The zero-order valence-electron chi connectivity index (χ0n) is 23.0. The van der Waals surface area contributed by atoms with Gasteiger partial charge in [-0.1, -0.05) is 30.3 Å². The quantitative estimate of drug-likeness (QED) is 0.294. The maximum atomic E-state index is 13.6. The maximum absolute atomic E-state index is 13.6. The third-order valence-corrected chi connectivity index (χ3v) is 8.70. The van der Waals surface area contributed by atoms with E-state index in [0.717, 1.165) is 42.3 Å². The number of fused-ring (bicyclic) bond motifs is 1. The minimum atomic E-state index is -0.601. The van der Waals surface area contributed by atoms with E-state index >= 15 is 0 Å². The van der Waals surface area contributed by atoms with Crippen LogP contribution in [-0.2, 0) is 15.0 Å². The molecule has 41 heavy (non-hydrogen) atoms. The fourth-order valence-corrected chi connectivity index (χ4v) is 6.27. The van der Waals surface area contributed by atoms with Gasteiger partial charge in [0.15, 0.2) is 5.82 Å². The number of hydrogen-bond donors (Lipinski definition) is 3. The number of rotatable bonds is 8. The van der Waals surface area contributed by atoms with E-state index in [1.54, 1.807) is 6.07 Å². The van der Waals surface area contributed by atoms with Gasteiger partial charge in [-0.25, -0.2) is 0 Å². The van der Waals surface area contributed by atoms with E-state index < -0.39 is 5.54 Å². The van der Waals surface area contributed by atoms with Gasteiger partial charge in [0.05, 0.1) is 42.2 Å². The molecule has 2 fully saturated rings. The van der Waals surface area contributed by atoms with Gasteiger partial charge in [-0.15, -0.1) is 11.3 Å². The molecule has 214 valence electrons. The number of nitrogens with zero attached hydrogens (tertiary/aromatic N) is 3. The molecule has 0 aliphatic carbocycles. The van der Waals surface area contributed by atoms with Crippen LogP contribution in [-0.4, -0.2) is 86.1 Å². The molecule has 4 aromatic rings. The highest BCUT2D eigenvalue weighted by atomic mass is 32.1. The van der Waals surface area contributed by atoms with E-state index in [-0.39, 0.29) is 11.8 Å². The third kappa shape index (κ3) is 6.13. The van der Waals surface area contributed by atoms with Crippen molar-refractivity contribution in [3.63, 3.8) is 0 Å². The standard InChI is InChI=1S/C30H34N6O4S/c1-30(22-5-3-2-4-6-22,20-35-11-15-39-16-12-35)32-28(38)25-19-24-26(33-34-29(24)41-25)31-27(37)21-7-9-23(10-8-21)36-13-17-40-18-14-36/h2-10,19H,11-18,20H2,1H3,(H,32,38)(H2,31,33,34,37)/t30-/m1/s1. The highest BCUT2D eigenvalue weighted by Gasteiger charge is 2.32. The van der Waals surface area contributed by atoms with Gasteiger partial charge < -0.3 is 25.0 Å². The van der Waals surface area contributed by atoms with Crippen molar-refractivity contribution in [3.05, 3.63) is 76.7 Å². The zero-order chi connectivity index (χ0) is 28.2. The monoisotopic (exact) mass is 574 g/mol. The van der Waals surface area contributed by atoms with Crippen molar-refractivity contribution < 1.29 is 19.1 Å². The van der Waals surface area contributed by atoms with Crippen LogP contribution in [0.5, 0.6) is 0 Å². The number of anilines is 2. The molecule has 3 N–H and O–H groups in total. The first-order chi connectivity index (χ1) is 20.0. The molecule has 0 spiro atoms. The van der Waals surface area contributed by atoms with E-state index in [1.807, 2.05) is 54.6 Å². The first-order valence-corrected chi connectivity index (χ1v) is 14.7. The van der Waals surface area contributed by atoms with Crippen molar-refractivity contribution in [3.8, 4) is 0 Å². The van der Waals surface area contributed by atoms with E-state index in [1.165, 1.54) is 11.3 Å². The van der Waals surface area contributed by atoms with Gasteiger partial charge in [0.2, 0.25) is 0 Å². The smallest absolute Gasteiger partial charge is 0.262 e. The molecule has 2 saturated heterocycles. The predicted octanol–water partition coefficient (Wildman–Crippen LogP) is 3.69. The second kappa shape index (κ2) is 12.0. The van der Waals surface area contributed by atoms with E-state index in [2.05, 4.69) is 37.6 Å². The molecule has 0 unspecified atom stereocenters. The van der Waals surface area contributed by atoms with Gasteiger partial charge in [0, 0.05) is 44.0 Å². The minimum Gasteiger partial charge on any atom is -0.379 e. The van der Waals surface area contributed by atoms with Gasteiger partial charge in [-0.2, -0.15) is 5.10 Å². The van der Waals surface area contributed by atoms with Crippen LogP contribution in [0.3, 0.4) is 0 Å². The topological polar surface area (TPSA) is 112 Å². The number of thiophene rings is 1. The number of aromatic nitrogens is 2. The Hall–Kier alpha value is -3.77. The number of hydrogen-bond acceptors (Lipinski definition) is 8. The summed E-state index contributed by atoms with van der Waals surface area (Å²) in [6.45, 7) is 8.84. The molecule has 2 aliphatic heterocycles. The van der Waals surface area contributed by atoms with Crippen molar-refractivity contribution in [1.29, 1.82) is 0 Å². The Bertz CT molecular complexity index is 1490. The SMILES string of the molecule is C[C@](CN1CCOCC1)(NC(=O)c1cc2c(NC(=O)c3ccc(N4CCOCC4)cc3)n[nH]c2s1)c1ccccc1. The summed E-state index contributed by atoms with van der Waals surface area (Å²) in [4.78, 5) is 32.4. The summed E-state index contributed by atoms with van der Waals surface area (Å²) in [6.07, 6.45) is 0. The number of H-pyrrole nitrogens is 1. The second-order valence-corrected chi connectivity index (χ2v) is 11.6. The Morgan fingerprint density at radius 1 is 0.951 bits per heavy atom. The van der Waals surface area contributed by atoms with Crippen LogP contribution in [0.25, 0.3) is 10.2 Å². The van der Waals surface area contributed by atoms with Gasteiger partial charge in [0.25, 0.3) is 11.8 Å². The van der Waals surface area contributed by atoms with Gasteiger partial charge >= 0.3 is 0 Å². The van der Waals surface area contributed by atoms with Crippen molar-refractivity contribution in [2.24, 2.45) is 0 Å². The molecule has 2 aliphatic rings. The number of carbonyl (C=O) groups excluding carboxylic acids is 2. The number of carbonyl (C=O) groups is 2. The fraction of sp³-hybridized carbons (Fsp3) is 0.367. The van der Waals surface area contributed by atoms with Crippen LogP contribution in [0.4, 0.5) is 11.5 Å². The van der Waals surface area contributed by atoms with Crippen LogP contribution in [0.1, 0.15) is 32.5 Å². The number of benzene rings is 2. The highest BCUT2D eigenvalue weighted by molar-refractivity contribution is 7.20. The Morgan fingerprint density at radius 3 is 2.34 bits per heavy atom. The van der Waals surface area contributed by atoms with Gasteiger partial charge in [0.1, 0.15) is 4.83 Å². The molecule has 10 nitrogen and oxygen atoms in total. The van der Waals surface area contributed by atoms with Crippen LogP contribution in [0, 0.1) is 0 Å². The fourth-order valence-electron chi connectivity index (χ4n) is 5.38. The lowest BCUT2D eigenvalue weighted by Gasteiger charge is -2.38. The van der Waals surface area contributed by atoms with Crippen LogP contribution >= 0.6 is 11.3 Å². The van der Waals surface area contributed by atoms with Crippen molar-refractivity contribution >= 4 is 44.9 Å². The molecular formula is C30H34N6O4S. The molecule has 0 bridgehead atoms. The van der Waals surface area contributed by atoms with Crippen molar-refractivity contribution in [2.75, 3.05) is 69.4 Å². The normalized spacial score (nSPS) is 17.7. The van der Waals surface area contributed by atoms with E-state index in [9.17, 15) is 9.59 Å². The molecule has 4 heterocycles. The average Bonchev–Trinajstić information content (AvgIpc) is 3.61. The van der Waals surface area contributed by atoms with Crippen LogP contribution < -0.4 is 15.5 Å². The predicted molar refractivity (Wildman–Crippen MR) is 160 cm³/mol. The summed E-state index contributed by atoms with van der Waals surface area (Å²) >= 11 is 1.32. The highest BCUT2D eigenvalue weighted by Crippen LogP contribution is 2.31. The molecule has 2 amide bonds. The molecule has 2 aromatic carbocycles. The average molecular weight is 575 g/mol. The van der Waals surface area contributed by atoms with E-state index in [0.29, 0.717) is 54.6 Å². The van der Waals surface area contributed by atoms with Crippen molar-refractivity contribution in [2.45, 2.75) is 12.5 Å². The molecule has 0 radical (unpaired) electrons. The second-order valence-electron chi connectivity index (χ2n) is 10.6. The number of morpholine rings is 2. The Balaban J connectivity index is 1.16. The van der Waals surface area contributed by atoms with Gasteiger partial charge in [-0.05, 0) is 42.8 Å². The molecule has 2 aromatic heterocycles. The van der Waals surface area contributed by atoms with Crippen LogP contribution in [0.2, 0.25) is 0 Å². The Morgan fingerprint density at radius 2 is 1.63 bits per heavy atom. The van der Waals surface area contributed by atoms with Crippen molar-refractivity contribution in [1.82, 2.24) is 20.4 Å². The number of aromatic amines is 1. The van der Waals surface area contributed by atoms with E-state index in [4.69, 9.17) is 9.47 Å². The lowest BCUT2D eigenvalue weighted by Crippen LogP contribution is -2.53. The lowest BCUT2D eigenvalue weighted by atomic mass is 9.90. The Kier molecular flexibility index (Phi) is 8.02. The maximum Gasteiger partial charge on any atom is 0.262 e. The number of amides is 2. The Labute approximate surface area is 242 Å². The van der Waals surface area contributed by atoms with Gasteiger partial charge in [-0.3, -0.25) is 19.6 Å². The summed E-state index contributed by atoms with van der Waals surface area (Å²) in [5, 5.41) is 14.2. The summed E-state index contributed by atoms with van der Waals surface area (Å²) in [5.74, 6) is -0.0295. The molecule has 6 rings (SSSR count). The molecule has 11 heteroatoms. The summed E-state index contributed by atoms with van der Waals surface area (Å²) < 4.78 is 10.9. The first kappa shape index (κ1) is 27.4. The molecule has 1 atom stereocenters. The molecule has 0 saturated carbocycles. The summed E-state index contributed by atoms with van der Waals surface area (Å²) in [7, 11) is 0. The van der Waals surface area contributed by atoms with Crippen LogP contribution in [0.15, 0.2) is 60.7 Å². The molecular weight excluding hydrogens is 540 g/mol. The first-order valence-electron chi connectivity index (χ1n) is 13.9.